The quantitative estimate of drug-likeness (QED) is 0.356. The van der Waals surface area contributed by atoms with Gasteiger partial charge in [-0.1, -0.05) is 30.3 Å². The molecular weight excluding hydrogens is 462 g/mol. The summed E-state index contributed by atoms with van der Waals surface area (Å²) in [4.78, 5) is 40.2. The second-order valence-corrected chi connectivity index (χ2v) is 9.71. The standard InChI is InChI=1S/C26H35N5O3S/c1-35-22-9-7-20(8-10-22)18-31-15-13-19(14-16-31)17-28-25(33)23(11-12-24(27)32)30-26(34)29-21-5-3-2-4-6-21/h2-10,19,23H,11-18H2,1H3,(H2,27,32)(H,28,33)(H2,29,30,34)/t23-/m0/s1. The van der Waals surface area contributed by atoms with E-state index < -0.39 is 18.0 Å². The number of primary amides is 1. The molecule has 1 fully saturated rings. The average molecular weight is 498 g/mol. The summed E-state index contributed by atoms with van der Waals surface area (Å²) in [6, 6.07) is 16.3. The Balaban J connectivity index is 1.44. The zero-order valence-electron chi connectivity index (χ0n) is 20.2. The van der Waals surface area contributed by atoms with Crippen LogP contribution >= 0.6 is 11.8 Å². The van der Waals surface area contributed by atoms with Crippen molar-refractivity contribution in [1.29, 1.82) is 0 Å². The van der Waals surface area contributed by atoms with E-state index in [1.54, 1.807) is 36.0 Å². The lowest BCUT2D eigenvalue weighted by Gasteiger charge is -2.32. The summed E-state index contributed by atoms with van der Waals surface area (Å²) < 4.78 is 0. The number of nitrogens with two attached hydrogens (primary N) is 1. The van der Waals surface area contributed by atoms with Gasteiger partial charge in [-0.3, -0.25) is 14.5 Å². The minimum absolute atomic E-state index is 0.0139. The maximum absolute atomic E-state index is 12.8. The Kier molecular flexibility index (Phi) is 10.4. The van der Waals surface area contributed by atoms with Crippen molar-refractivity contribution in [3.05, 3.63) is 60.2 Å². The number of benzene rings is 2. The van der Waals surface area contributed by atoms with Crippen LogP contribution in [0.5, 0.6) is 0 Å². The molecule has 0 saturated carbocycles. The third kappa shape index (κ3) is 9.26. The van der Waals surface area contributed by atoms with Crippen LogP contribution in [0.3, 0.4) is 0 Å². The summed E-state index contributed by atoms with van der Waals surface area (Å²) in [7, 11) is 0. The third-order valence-corrected chi connectivity index (χ3v) is 6.91. The molecule has 188 valence electrons. The van der Waals surface area contributed by atoms with Gasteiger partial charge in [-0.25, -0.2) is 4.79 Å². The Labute approximate surface area is 211 Å². The topological polar surface area (TPSA) is 117 Å². The molecule has 0 radical (unpaired) electrons. The number of carbonyl (C=O) groups is 3. The second-order valence-electron chi connectivity index (χ2n) is 8.83. The Morgan fingerprint density at radius 1 is 1.06 bits per heavy atom. The van der Waals surface area contributed by atoms with Crippen molar-refractivity contribution in [3.8, 4) is 0 Å². The number of nitrogens with zero attached hydrogens (tertiary/aromatic N) is 1. The van der Waals surface area contributed by atoms with E-state index in [4.69, 9.17) is 5.73 Å². The first-order chi connectivity index (χ1) is 16.9. The van der Waals surface area contributed by atoms with Gasteiger partial charge < -0.3 is 21.7 Å². The molecular formula is C26H35N5O3S. The van der Waals surface area contributed by atoms with Gasteiger partial charge in [0.25, 0.3) is 0 Å². The van der Waals surface area contributed by atoms with Gasteiger partial charge in [0.15, 0.2) is 0 Å². The highest BCUT2D eigenvalue weighted by molar-refractivity contribution is 7.98. The van der Waals surface area contributed by atoms with Crippen molar-refractivity contribution in [2.24, 2.45) is 11.7 Å². The Hall–Kier alpha value is -3.04. The number of rotatable bonds is 11. The van der Waals surface area contributed by atoms with Crippen molar-refractivity contribution in [2.45, 2.75) is 43.2 Å². The highest BCUT2D eigenvalue weighted by Crippen LogP contribution is 2.20. The van der Waals surface area contributed by atoms with E-state index in [1.807, 2.05) is 6.07 Å². The summed E-state index contributed by atoms with van der Waals surface area (Å²) in [5, 5.41) is 8.34. The maximum Gasteiger partial charge on any atom is 0.319 e. The van der Waals surface area contributed by atoms with Crippen LogP contribution in [0.2, 0.25) is 0 Å². The Morgan fingerprint density at radius 2 is 1.74 bits per heavy atom. The normalized spacial score (nSPS) is 15.2. The number of amides is 4. The molecule has 1 heterocycles. The van der Waals surface area contributed by atoms with E-state index in [9.17, 15) is 14.4 Å². The van der Waals surface area contributed by atoms with Crippen molar-refractivity contribution >= 4 is 35.3 Å². The first-order valence-electron chi connectivity index (χ1n) is 12.0. The lowest BCUT2D eigenvalue weighted by atomic mass is 9.96. The molecule has 0 aliphatic carbocycles. The summed E-state index contributed by atoms with van der Waals surface area (Å²) in [6.45, 7) is 3.44. The van der Waals surface area contributed by atoms with Crippen LogP contribution in [0.4, 0.5) is 10.5 Å². The SMILES string of the molecule is CSc1ccc(CN2CCC(CNC(=O)[C@H](CCC(N)=O)NC(=O)Nc3ccccc3)CC2)cc1. The van der Waals surface area contributed by atoms with Gasteiger partial charge in [-0.15, -0.1) is 11.8 Å². The number of hydrogen-bond donors (Lipinski definition) is 4. The maximum atomic E-state index is 12.8. The van der Waals surface area contributed by atoms with Gasteiger partial charge in [0.1, 0.15) is 6.04 Å². The van der Waals surface area contributed by atoms with E-state index in [0.29, 0.717) is 18.2 Å². The number of nitrogens with one attached hydrogen (secondary N) is 3. The predicted octanol–water partition coefficient (Wildman–Crippen LogP) is 3.19. The Bertz CT molecular complexity index is 963. The summed E-state index contributed by atoms with van der Waals surface area (Å²) in [5.74, 6) is -0.432. The molecule has 1 atom stereocenters. The molecule has 0 unspecified atom stereocenters. The van der Waals surface area contributed by atoms with Crippen molar-refractivity contribution in [2.75, 3.05) is 31.2 Å². The number of carbonyl (C=O) groups excluding carboxylic acids is 3. The van der Waals surface area contributed by atoms with Crippen LogP contribution in [0.25, 0.3) is 0 Å². The number of anilines is 1. The van der Waals surface area contributed by atoms with Gasteiger partial charge in [0.2, 0.25) is 11.8 Å². The molecule has 1 saturated heterocycles. The molecule has 3 rings (SSSR count). The highest BCUT2D eigenvalue weighted by Gasteiger charge is 2.24. The summed E-state index contributed by atoms with van der Waals surface area (Å²) in [6.07, 6.45) is 4.24. The van der Waals surface area contributed by atoms with Crippen LogP contribution in [0.15, 0.2) is 59.5 Å². The zero-order valence-corrected chi connectivity index (χ0v) is 21.0. The van der Waals surface area contributed by atoms with Crippen molar-refractivity contribution in [1.82, 2.24) is 15.5 Å². The summed E-state index contributed by atoms with van der Waals surface area (Å²) in [5.41, 5.74) is 7.19. The number of thioether (sulfide) groups is 1. The molecule has 35 heavy (non-hydrogen) atoms. The van der Waals surface area contributed by atoms with Crippen LogP contribution in [-0.2, 0) is 16.1 Å². The van der Waals surface area contributed by atoms with E-state index in [2.05, 4.69) is 51.4 Å². The molecule has 2 aromatic carbocycles. The fourth-order valence-corrected chi connectivity index (χ4v) is 4.52. The number of hydrogen-bond acceptors (Lipinski definition) is 5. The Morgan fingerprint density at radius 3 is 2.37 bits per heavy atom. The lowest BCUT2D eigenvalue weighted by Crippen LogP contribution is -2.49. The number of para-hydroxylation sites is 1. The smallest absolute Gasteiger partial charge is 0.319 e. The highest BCUT2D eigenvalue weighted by atomic mass is 32.2. The largest absolute Gasteiger partial charge is 0.370 e. The van der Waals surface area contributed by atoms with Crippen LogP contribution < -0.4 is 21.7 Å². The van der Waals surface area contributed by atoms with Crippen LogP contribution in [0.1, 0.15) is 31.2 Å². The number of likely N-dealkylation sites (tertiary alicyclic amines) is 1. The number of piperidine rings is 1. The van der Waals surface area contributed by atoms with E-state index in [0.717, 1.165) is 32.5 Å². The molecule has 0 bridgehead atoms. The van der Waals surface area contributed by atoms with E-state index >= 15 is 0 Å². The van der Waals surface area contributed by atoms with Gasteiger partial charge in [-0.05, 0) is 74.4 Å². The van der Waals surface area contributed by atoms with Crippen molar-refractivity contribution in [3.63, 3.8) is 0 Å². The monoisotopic (exact) mass is 497 g/mol. The molecule has 0 spiro atoms. The molecule has 4 amide bonds. The molecule has 1 aliphatic heterocycles. The number of urea groups is 1. The molecule has 5 N–H and O–H groups in total. The minimum Gasteiger partial charge on any atom is -0.370 e. The fourth-order valence-electron chi connectivity index (χ4n) is 4.11. The van der Waals surface area contributed by atoms with Crippen LogP contribution in [0, 0.1) is 5.92 Å². The first kappa shape index (κ1) is 26.6. The zero-order chi connectivity index (χ0) is 25.0. The van der Waals surface area contributed by atoms with E-state index in [-0.39, 0.29) is 18.7 Å². The average Bonchev–Trinajstić information content (AvgIpc) is 2.87. The van der Waals surface area contributed by atoms with Gasteiger partial charge in [0.05, 0.1) is 0 Å². The van der Waals surface area contributed by atoms with Crippen LogP contribution in [-0.4, -0.2) is 54.7 Å². The van der Waals surface area contributed by atoms with Crippen molar-refractivity contribution < 1.29 is 14.4 Å². The van der Waals surface area contributed by atoms with Gasteiger partial charge in [0, 0.05) is 30.1 Å². The summed E-state index contributed by atoms with van der Waals surface area (Å²) >= 11 is 1.74. The third-order valence-electron chi connectivity index (χ3n) is 6.17. The molecule has 9 heteroatoms. The fraction of sp³-hybridized carbons (Fsp3) is 0.423. The second kappa shape index (κ2) is 13.7. The molecule has 2 aromatic rings. The molecule has 8 nitrogen and oxygen atoms in total. The minimum atomic E-state index is -0.837. The van der Waals surface area contributed by atoms with Gasteiger partial charge >= 0.3 is 6.03 Å². The molecule has 0 aromatic heterocycles. The first-order valence-corrected chi connectivity index (χ1v) is 13.2. The lowest BCUT2D eigenvalue weighted by molar-refractivity contribution is -0.123. The van der Waals surface area contributed by atoms with E-state index in [1.165, 1.54) is 10.5 Å². The molecule has 1 aliphatic rings. The van der Waals surface area contributed by atoms with Gasteiger partial charge in [-0.2, -0.15) is 0 Å². The predicted molar refractivity (Wildman–Crippen MR) is 140 cm³/mol.